The molecule has 0 spiro atoms. The molecule has 0 atom stereocenters. The van der Waals surface area contributed by atoms with Gasteiger partial charge in [0.25, 0.3) is 0 Å². The largest absolute Gasteiger partial charge is 0.394 e. The highest BCUT2D eigenvalue weighted by atomic mass is 32.1. The van der Waals surface area contributed by atoms with Gasteiger partial charge in [-0.15, -0.1) is 11.3 Å². The number of aromatic nitrogens is 1. The maximum atomic E-state index is 9.07. The summed E-state index contributed by atoms with van der Waals surface area (Å²) in [6.07, 6.45) is 0.946. The number of thiazole rings is 1. The molecule has 0 saturated heterocycles. The van der Waals surface area contributed by atoms with E-state index < -0.39 is 5.54 Å². The fourth-order valence-corrected chi connectivity index (χ4v) is 1.80. The lowest BCUT2D eigenvalue weighted by molar-refractivity contribution is 0.103. The number of aliphatic hydroxyl groups excluding tert-OH is 2. The zero-order valence-corrected chi connectivity index (χ0v) is 9.97. The summed E-state index contributed by atoms with van der Waals surface area (Å²) in [4.78, 5) is 4.39. The van der Waals surface area contributed by atoms with Crippen molar-refractivity contribution in [2.45, 2.75) is 32.4 Å². The summed E-state index contributed by atoms with van der Waals surface area (Å²) < 4.78 is 0. The minimum atomic E-state index is -0.629. The van der Waals surface area contributed by atoms with E-state index in [0.29, 0.717) is 6.54 Å². The number of aliphatic hydroxyl groups is 2. The van der Waals surface area contributed by atoms with Gasteiger partial charge in [0, 0.05) is 11.9 Å². The van der Waals surface area contributed by atoms with Crippen LogP contribution in [0.2, 0.25) is 0 Å². The van der Waals surface area contributed by atoms with Crippen LogP contribution in [-0.4, -0.2) is 33.9 Å². The topological polar surface area (TPSA) is 65.4 Å². The van der Waals surface area contributed by atoms with Crippen LogP contribution in [0.25, 0.3) is 0 Å². The first-order valence-electron chi connectivity index (χ1n) is 5.03. The fraction of sp³-hybridized carbons (Fsp3) is 0.700. The zero-order chi connectivity index (χ0) is 11.3. The molecule has 1 aromatic rings. The van der Waals surface area contributed by atoms with E-state index in [4.69, 9.17) is 10.2 Å². The number of hydrogen-bond donors (Lipinski definition) is 3. The van der Waals surface area contributed by atoms with Crippen LogP contribution >= 0.6 is 11.3 Å². The molecule has 0 fully saturated rings. The highest BCUT2D eigenvalue weighted by Crippen LogP contribution is 2.11. The van der Waals surface area contributed by atoms with Crippen molar-refractivity contribution in [3.8, 4) is 0 Å². The summed E-state index contributed by atoms with van der Waals surface area (Å²) in [5, 5.41) is 24.4. The van der Waals surface area contributed by atoms with Gasteiger partial charge < -0.3 is 15.5 Å². The van der Waals surface area contributed by atoms with Crippen LogP contribution in [0, 0.1) is 0 Å². The summed E-state index contributed by atoms with van der Waals surface area (Å²) >= 11 is 1.64. The average molecular weight is 230 g/mol. The summed E-state index contributed by atoms with van der Waals surface area (Å²) in [5.41, 5.74) is 0.334. The molecule has 5 heteroatoms. The van der Waals surface area contributed by atoms with Crippen molar-refractivity contribution in [3.05, 3.63) is 16.1 Å². The van der Waals surface area contributed by atoms with Gasteiger partial charge in [-0.3, -0.25) is 0 Å². The van der Waals surface area contributed by atoms with Crippen LogP contribution < -0.4 is 5.32 Å². The molecule has 1 rings (SSSR count). The van der Waals surface area contributed by atoms with Gasteiger partial charge in [0.05, 0.1) is 29.5 Å². The lowest BCUT2D eigenvalue weighted by atomic mass is 10.1. The molecule has 0 amide bonds. The monoisotopic (exact) mass is 230 g/mol. The Morgan fingerprint density at radius 2 is 2.13 bits per heavy atom. The molecule has 0 radical (unpaired) electrons. The number of hydrogen-bond acceptors (Lipinski definition) is 5. The number of aryl methyl sites for hydroxylation is 1. The van der Waals surface area contributed by atoms with Crippen LogP contribution in [0.15, 0.2) is 5.38 Å². The number of nitrogens with zero attached hydrogens (tertiary/aromatic N) is 1. The second-order valence-corrected chi connectivity index (χ2v) is 4.76. The highest BCUT2D eigenvalue weighted by Gasteiger charge is 2.21. The molecule has 0 saturated carbocycles. The Labute approximate surface area is 94.0 Å². The second-order valence-electron chi connectivity index (χ2n) is 3.82. The van der Waals surface area contributed by atoms with Crippen molar-refractivity contribution < 1.29 is 10.2 Å². The van der Waals surface area contributed by atoms with Crippen molar-refractivity contribution in [2.24, 2.45) is 0 Å². The molecule has 0 unspecified atom stereocenters. The Morgan fingerprint density at radius 1 is 1.47 bits per heavy atom. The van der Waals surface area contributed by atoms with Gasteiger partial charge in [0.2, 0.25) is 0 Å². The van der Waals surface area contributed by atoms with E-state index in [1.165, 1.54) is 0 Å². The fourth-order valence-electron chi connectivity index (χ4n) is 1.06. The summed E-state index contributed by atoms with van der Waals surface area (Å²) in [5.74, 6) is 0. The Hall–Kier alpha value is -0.490. The molecule has 1 heterocycles. The minimum absolute atomic E-state index is 0.0890. The maximum Gasteiger partial charge on any atom is 0.0926 e. The van der Waals surface area contributed by atoms with Gasteiger partial charge in [0.1, 0.15) is 0 Å². The second kappa shape index (κ2) is 5.55. The molecule has 0 aliphatic heterocycles. The standard InChI is InChI=1S/C10H18N2O2S/c1-3-9-12-8(5-15-9)4-11-10(2,6-13)7-14/h5,11,13-14H,3-4,6-7H2,1-2H3. The molecule has 0 bridgehead atoms. The highest BCUT2D eigenvalue weighted by molar-refractivity contribution is 7.09. The Kier molecular flexibility index (Phi) is 4.66. The quantitative estimate of drug-likeness (QED) is 0.667. The number of nitrogens with one attached hydrogen (secondary N) is 1. The maximum absolute atomic E-state index is 9.07. The molecule has 15 heavy (non-hydrogen) atoms. The van der Waals surface area contributed by atoms with E-state index in [2.05, 4.69) is 17.2 Å². The van der Waals surface area contributed by atoms with Crippen molar-refractivity contribution >= 4 is 11.3 Å². The van der Waals surface area contributed by atoms with Crippen LogP contribution in [0.5, 0.6) is 0 Å². The lowest BCUT2D eigenvalue weighted by Crippen LogP contribution is -2.48. The van der Waals surface area contributed by atoms with Crippen molar-refractivity contribution in [1.29, 1.82) is 0 Å². The molecule has 0 aliphatic rings. The third-order valence-electron chi connectivity index (χ3n) is 2.30. The molecule has 0 aromatic carbocycles. The van der Waals surface area contributed by atoms with Gasteiger partial charge in [0.15, 0.2) is 0 Å². The normalized spacial score (nSPS) is 12.0. The number of rotatable bonds is 6. The van der Waals surface area contributed by atoms with Crippen LogP contribution in [0.4, 0.5) is 0 Å². The summed E-state index contributed by atoms with van der Waals surface area (Å²) in [6.45, 7) is 4.25. The molecule has 4 nitrogen and oxygen atoms in total. The van der Waals surface area contributed by atoms with E-state index in [1.807, 2.05) is 5.38 Å². The lowest BCUT2D eigenvalue weighted by Gasteiger charge is -2.25. The van der Waals surface area contributed by atoms with E-state index in [0.717, 1.165) is 17.1 Å². The first kappa shape index (κ1) is 12.6. The van der Waals surface area contributed by atoms with Gasteiger partial charge in [-0.1, -0.05) is 6.92 Å². The van der Waals surface area contributed by atoms with Gasteiger partial charge in [-0.2, -0.15) is 0 Å². The summed E-state index contributed by atoms with van der Waals surface area (Å²) in [6, 6.07) is 0. The predicted octanol–water partition coefficient (Wildman–Crippen LogP) is 0.538. The van der Waals surface area contributed by atoms with Crippen LogP contribution in [0.3, 0.4) is 0 Å². The molecular weight excluding hydrogens is 212 g/mol. The first-order valence-corrected chi connectivity index (χ1v) is 5.91. The van der Waals surface area contributed by atoms with Crippen molar-refractivity contribution in [1.82, 2.24) is 10.3 Å². The molecule has 3 N–H and O–H groups in total. The van der Waals surface area contributed by atoms with E-state index >= 15 is 0 Å². The third-order valence-corrected chi connectivity index (χ3v) is 3.34. The third kappa shape index (κ3) is 3.53. The van der Waals surface area contributed by atoms with Crippen molar-refractivity contribution in [3.63, 3.8) is 0 Å². The van der Waals surface area contributed by atoms with Crippen molar-refractivity contribution in [2.75, 3.05) is 13.2 Å². The van der Waals surface area contributed by atoms with Gasteiger partial charge in [-0.05, 0) is 13.3 Å². The first-order chi connectivity index (χ1) is 7.13. The van der Waals surface area contributed by atoms with Gasteiger partial charge in [-0.25, -0.2) is 4.98 Å². The predicted molar refractivity (Wildman–Crippen MR) is 60.9 cm³/mol. The summed E-state index contributed by atoms with van der Waals surface area (Å²) in [7, 11) is 0. The smallest absolute Gasteiger partial charge is 0.0926 e. The zero-order valence-electron chi connectivity index (χ0n) is 9.16. The van der Waals surface area contributed by atoms with E-state index in [9.17, 15) is 0 Å². The average Bonchev–Trinajstić information content (AvgIpc) is 2.74. The Balaban J connectivity index is 2.49. The molecular formula is C10H18N2O2S. The van der Waals surface area contributed by atoms with E-state index in [1.54, 1.807) is 18.3 Å². The van der Waals surface area contributed by atoms with E-state index in [-0.39, 0.29) is 13.2 Å². The van der Waals surface area contributed by atoms with Gasteiger partial charge >= 0.3 is 0 Å². The van der Waals surface area contributed by atoms with Crippen LogP contribution in [-0.2, 0) is 13.0 Å². The molecule has 1 aromatic heterocycles. The molecule has 0 aliphatic carbocycles. The Bertz CT molecular complexity index is 297. The van der Waals surface area contributed by atoms with Crippen LogP contribution in [0.1, 0.15) is 24.5 Å². The Morgan fingerprint density at radius 3 is 2.60 bits per heavy atom. The minimum Gasteiger partial charge on any atom is -0.394 e. The molecule has 86 valence electrons. The SMILES string of the molecule is CCc1nc(CNC(C)(CO)CO)cs1.